The third-order valence-corrected chi connectivity index (χ3v) is 4.81. The summed E-state index contributed by atoms with van der Waals surface area (Å²) in [6.07, 6.45) is 2.94. The molecule has 1 amide bonds. The lowest BCUT2D eigenvalue weighted by molar-refractivity contribution is -0.115. The Balaban J connectivity index is 2.20. The Morgan fingerprint density at radius 1 is 1.04 bits per heavy atom. The van der Waals surface area contributed by atoms with Gasteiger partial charge >= 0.3 is 0 Å². The van der Waals surface area contributed by atoms with Crippen LogP contribution < -0.4 is 10.0 Å². The Morgan fingerprint density at radius 3 is 2.17 bits per heavy atom. The van der Waals surface area contributed by atoms with E-state index in [0.29, 0.717) is 15.6 Å². The number of sulfonamides is 1. The minimum absolute atomic E-state index is 0.0793. The molecule has 0 aliphatic heterocycles. The van der Waals surface area contributed by atoms with Crippen molar-refractivity contribution in [1.29, 1.82) is 0 Å². The second kappa shape index (κ2) is 7.70. The van der Waals surface area contributed by atoms with Gasteiger partial charge in [0.2, 0.25) is 5.91 Å². The van der Waals surface area contributed by atoms with Crippen molar-refractivity contribution in [2.24, 2.45) is 0 Å². The van der Waals surface area contributed by atoms with E-state index < -0.39 is 10.0 Å². The largest absolute Gasteiger partial charge is 0.356 e. The van der Waals surface area contributed by atoms with Crippen molar-refractivity contribution in [2.75, 3.05) is 11.8 Å². The molecule has 0 atom stereocenters. The van der Waals surface area contributed by atoms with Crippen LogP contribution in [-0.2, 0) is 14.8 Å². The van der Waals surface area contributed by atoms with E-state index >= 15 is 0 Å². The number of nitrogens with one attached hydrogen (secondary N) is 2. The van der Waals surface area contributed by atoms with Gasteiger partial charge in [-0.15, -0.1) is 0 Å². The normalized spacial score (nSPS) is 11.5. The molecule has 0 saturated carbocycles. The highest BCUT2D eigenvalue weighted by Gasteiger charge is 2.14. The summed E-state index contributed by atoms with van der Waals surface area (Å²) in [5, 5.41) is 3.11. The van der Waals surface area contributed by atoms with E-state index in [0.717, 1.165) is 0 Å². The van der Waals surface area contributed by atoms with E-state index in [9.17, 15) is 13.2 Å². The molecule has 0 radical (unpaired) electrons. The maximum absolute atomic E-state index is 12.4. The lowest BCUT2D eigenvalue weighted by Gasteiger charge is -2.09. The van der Waals surface area contributed by atoms with Crippen molar-refractivity contribution in [3.05, 3.63) is 64.1 Å². The van der Waals surface area contributed by atoms with Crippen molar-refractivity contribution < 1.29 is 13.2 Å². The SMILES string of the molecule is CNC(=O)/C=C/c1ccc(S(=O)(=O)Nc2cc(Cl)cc(Cl)c2)cc1. The van der Waals surface area contributed by atoms with Gasteiger partial charge in [0.15, 0.2) is 0 Å². The summed E-state index contributed by atoms with van der Waals surface area (Å²) < 4.78 is 27.2. The summed E-state index contributed by atoms with van der Waals surface area (Å²) in [5.74, 6) is -0.244. The molecule has 0 fully saturated rings. The monoisotopic (exact) mass is 384 g/mol. The molecule has 2 rings (SSSR count). The Kier molecular flexibility index (Phi) is 5.88. The number of carbonyl (C=O) groups excluding carboxylic acids is 1. The number of amides is 1. The quantitative estimate of drug-likeness (QED) is 0.773. The molecule has 126 valence electrons. The van der Waals surface area contributed by atoms with Crippen molar-refractivity contribution in [3.8, 4) is 0 Å². The van der Waals surface area contributed by atoms with Gasteiger partial charge in [0.1, 0.15) is 0 Å². The minimum Gasteiger partial charge on any atom is -0.356 e. The zero-order valence-electron chi connectivity index (χ0n) is 12.6. The van der Waals surface area contributed by atoms with Crippen LogP contribution in [0.5, 0.6) is 0 Å². The van der Waals surface area contributed by atoms with E-state index in [2.05, 4.69) is 10.0 Å². The fraction of sp³-hybridized carbons (Fsp3) is 0.0625. The number of carbonyl (C=O) groups is 1. The molecule has 0 aliphatic carbocycles. The third kappa shape index (κ3) is 4.99. The number of hydrogen-bond acceptors (Lipinski definition) is 3. The molecule has 0 spiro atoms. The van der Waals surface area contributed by atoms with Crippen molar-refractivity contribution in [2.45, 2.75) is 4.90 Å². The van der Waals surface area contributed by atoms with Gasteiger partial charge in [-0.2, -0.15) is 0 Å². The van der Waals surface area contributed by atoms with Crippen LogP contribution in [0.4, 0.5) is 5.69 Å². The number of halogens is 2. The van der Waals surface area contributed by atoms with E-state index in [-0.39, 0.29) is 16.5 Å². The van der Waals surface area contributed by atoms with Gasteiger partial charge in [0, 0.05) is 23.2 Å². The van der Waals surface area contributed by atoms with Gasteiger partial charge in [-0.3, -0.25) is 9.52 Å². The van der Waals surface area contributed by atoms with Crippen LogP contribution in [-0.4, -0.2) is 21.4 Å². The molecule has 0 aromatic heterocycles. The van der Waals surface area contributed by atoms with Gasteiger partial charge in [0.05, 0.1) is 10.6 Å². The minimum atomic E-state index is -3.77. The van der Waals surface area contributed by atoms with Gasteiger partial charge in [-0.05, 0) is 42.0 Å². The first-order chi connectivity index (χ1) is 11.3. The fourth-order valence-electron chi connectivity index (χ4n) is 1.84. The van der Waals surface area contributed by atoms with Crippen LogP contribution >= 0.6 is 23.2 Å². The number of likely N-dealkylation sites (N-methyl/N-ethyl adjacent to an activating group) is 1. The van der Waals surface area contributed by atoms with Crippen molar-refractivity contribution >= 4 is 50.9 Å². The molecule has 0 aliphatic rings. The Hall–Kier alpha value is -2.02. The van der Waals surface area contributed by atoms with Crippen LogP contribution in [0.3, 0.4) is 0 Å². The molecule has 2 aromatic rings. The lowest BCUT2D eigenvalue weighted by atomic mass is 10.2. The van der Waals surface area contributed by atoms with Crippen LogP contribution in [0.25, 0.3) is 6.08 Å². The van der Waals surface area contributed by atoms with Crippen LogP contribution in [0.2, 0.25) is 10.0 Å². The highest BCUT2D eigenvalue weighted by Crippen LogP contribution is 2.24. The summed E-state index contributed by atoms with van der Waals surface area (Å²) in [4.78, 5) is 11.2. The van der Waals surface area contributed by atoms with Crippen LogP contribution in [0.1, 0.15) is 5.56 Å². The molecular formula is C16H14Cl2N2O3S. The first-order valence-corrected chi connectivity index (χ1v) is 9.03. The van der Waals surface area contributed by atoms with Gasteiger partial charge < -0.3 is 5.32 Å². The molecule has 24 heavy (non-hydrogen) atoms. The predicted molar refractivity (Wildman–Crippen MR) is 96.8 cm³/mol. The van der Waals surface area contributed by atoms with Crippen molar-refractivity contribution in [3.63, 3.8) is 0 Å². The highest BCUT2D eigenvalue weighted by molar-refractivity contribution is 7.92. The Morgan fingerprint density at radius 2 is 1.62 bits per heavy atom. The number of hydrogen-bond donors (Lipinski definition) is 2. The summed E-state index contributed by atoms with van der Waals surface area (Å²) >= 11 is 11.7. The molecular weight excluding hydrogens is 371 g/mol. The summed E-state index contributed by atoms with van der Waals surface area (Å²) in [7, 11) is -2.25. The molecule has 5 nitrogen and oxygen atoms in total. The molecule has 2 aromatic carbocycles. The van der Waals surface area contributed by atoms with Gasteiger partial charge in [0.25, 0.3) is 10.0 Å². The van der Waals surface area contributed by atoms with E-state index in [1.807, 2.05) is 0 Å². The number of benzene rings is 2. The van der Waals surface area contributed by atoms with Crippen LogP contribution in [0, 0.1) is 0 Å². The maximum atomic E-state index is 12.4. The molecule has 2 N–H and O–H groups in total. The predicted octanol–water partition coefficient (Wildman–Crippen LogP) is 3.55. The first kappa shape index (κ1) is 18.3. The zero-order valence-corrected chi connectivity index (χ0v) is 14.9. The van der Waals surface area contributed by atoms with Crippen LogP contribution in [0.15, 0.2) is 53.4 Å². The molecule has 0 saturated heterocycles. The molecule has 0 heterocycles. The van der Waals surface area contributed by atoms with Crippen molar-refractivity contribution in [1.82, 2.24) is 5.32 Å². The fourth-order valence-corrected chi connectivity index (χ4v) is 3.41. The second-order valence-electron chi connectivity index (χ2n) is 4.78. The molecule has 8 heteroatoms. The maximum Gasteiger partial charge on any atom is 0.261 e. The molecule has 0 bridgehead atoms. The third-order valence-electron chi connectivity index (χ3n) is 2.98. The summed E-state index contributed by atoms with van der Waals surface area (Å²) in [5.41, 5.74) is 0.972. The topological polar surface area (TPSA) is 75.3 Å². The summed E-state index contributed by atoms with van der Waals surface area (Å²) in [6.45, 7) is 0. The number of rotatable bonds is 5. The van der Waals surface area contributed by atoms with E-state index in [1.165, 1.54) is 43.5 Å². The Labute approximate surface area is 150 Å². The first-order valence-electron chi connectivity index (χ1n) is 6.79. The van der Waals surface area contributed by atoms with E-state index in [1.54, 1.807) is 18.2 Å². The zero-order chi connectivity index (χ0) is 17.7. The average Bonchev–Trinajstić information content (AvgIpc) is 2.51. The smallest absolute Gasteiger partial charge is 0.261 e. The highest BCUT2D eigenvalue weighted by atomic mass is 35.5. The standard InChI is InChI=1S/C16H14Cl2N2O3S/c1-19-16(21)7-4-11-2-5-15(6-3-11)24(22,23)20-14-9-12(17)8-13(18)10-14/h2-10,20H,1H3,(H,19,21)/b7-4+. The summed E-state index contributed by atoms with van der Waals surface area (Å²) in [6, 6.07) is 10.5. The average molecular weight is 385 g/mol. The van der Waals surface area contributed by atoms with Gasteiger partial charge in [-0.1, -0.05) is 35.3 Å². The number of anilines is 1. The second-order valence-corrected chi connectivity index (χ2v) is 7.34. The Bertz CT molecular complexity index is 858. The molecule has 0 unspecified atom stereocenters. The lowest BCUT2D eigenvalue weighted by Crippen LogP contribution is -2.14. The van der Waals surface area contributed by atoms with Gasteiger partial charge in [-0.25, -0.2) is 8.42 Å². The van der Waals surface area contributed by atoms with E-state index in [4.69, 9.17) is 23.2 Å².